The van der Waals surface area contributed by atoms with Gasteiger partial charge in [-0.15, -0.1) is 0 Å². The lowest BCUT2D eigenvalue weighted by molar-refractivity contribution is -0.125. The summed E-state index contributed by atoms with van der Waals surface area (Å²) in [6, 6.07) is 16.6. The fourth-order valence-electron chi connectivity index (χ4n) is 9.53. The molecule has 1 N–H and O–H groups in total. The third-order valence-corrected chi connectivity index (χ3v) is 13.5. The normalized spacial score (nSPS) is 18.1. The molecule has 0 bridgehead atoms. The second-order valence-electron chi connectivity index (χ2n) is 17.8. The summed E-state index contributed by atoms with van der Waals surface area (Å²) in [7, 11) is 3.05. The van der Waals surface area contributed by atoms with Gasteiger partial charge in [0.1, 0.15) is 23.5 Å². The predicted molar refractivity (Wildman–Crippen MR) is 279 cm³/mol. The minimum Gasteiger partial charge on any atom is -0.493 e. The molecule has 368 valence electrons. The number of benzene rings is 4. The Morgan fingerprint density at radius 3 is 1.59 bits per heavy atom. The molecule has 3 fully saturated rings. The molecular formula is C54H55Cl2N7O8. The smallest absolute Gasteiger partial charge is 0.262 e. The number of amides is 1. The molecule has 1 amide bonds. The van der Waals surface area contributed by atoms with Gasteiger partial charge in [-0.25, -0.2) is 15.0 Å². The predicted octanol–water partition coefficient (Wildman–Crippen LogP) is 9.89. The molecule has 15 nitrogen and oxygen atoms in total. The summed E-state index contributed by atoms with van der Waals surface area (Å²) < 4.78 is 15.0. The highest BCUT2D eigenvalue weighted by atomic mass is 35.5. The number of methoxy groups -OCH3 is 2. The molecule has 2 aliphatic carbocycles. The standard InChI is InChI=1S/C20H18N2O2.C18H20N2O4.C15H13Cl2N3O2.CH4/c1-12-7-8-18(19(23)9-12)22-13(2)21-17-11-15-6-4-3-5-14(15)10-16(17)20(22)24;1-10-5-6-14(15(21)7-10)20-11(2)19-13-9-17(24-4)16(23-3)8-12(13)18(20)22;1-7-3-4-12(14(21)18-7)20-8(2)19-13-10(15(20)22)5-9(16)6-11(13)17;/h3-6,10-11,18H,1,7-9H2,2H3;8-9,14H,1,5-7H2,2-4H3;5-6,12H,1,3-4H2,2H3,(H,18,21);1H4. The summed E-state index contributed by atoms with van der Waals surface area (Å²) >= 11 is 12.1. The zero-order valence-corrected chi connectivity index (χ0v) is 41.0. The molecule has 1 saturated heterocycles. The van der Waals surface area contributed by atoms with Crippen LogP contribution < -0.4 is 31.5 Å². The number of hydrogen-bond acceptors (Lipinski definition) is 11. The summed E-state index contributed by atoms with van der Waals surface area (Å²) in [6.07, 6.45) is 4.53. The third kappa shape index (κ3) is 10.2. The summed E-state index contributed by atoms with van der Waals surface area (Å²) in [5, 5.41) is 6.69. The van der Waals surface area contributed by atoms with E-state index in [2.05, 4.69) is 40.0 Å². The molecule has 7 aromatic rings. The number of carbonyl (C=O) groups excluding carboxylic acids is 3. The average molecular weight is 1000 g/mol. The quantitative estimate of drug-likeness (QED) is 0.128. The van der Waals surface area contributed by atoms with Crippen LogP contribution in [0.2, 0.25) is 10.0 Å². The zero-order valence-electron chi connectivity index (χ0n) is 39.5. The number of Topliss-reactive ketones (excluding diaryl/α,β-unsaturated/α-hetero) is 2. The van der Waals surface area contributed by atoms with Crippen molar-refractivity contribution in [3.63, 3.8) is 0 Å². The molecule has 10 rings (SSSR count). The number of nitrogens with zero attached hydrogens (tertiary/aromatic N) is 6. The number of allylic oxidation sites excluding steroid dienone is 3. The highest BCUT2D eigenvalue weighted by molar-refractivity contribution is 6.38. The molecule has 3 atom stereocenters. The molecule has 4 heterocycles. The van der Waals surface area contributed by atoms with Crippen molar-refractivity contribution >= 4 is 84.2 Å². The van der Waals surface area contributed by atoms with Crippen molar-refractivity contribution in [3.8, 4) is 11.5 Å². The molecule has 3 aromatic heterocycles. The van der Waals surface area contributed by atoms with Crippen LogP contribution in [0.15, 0.2) is 112 Å². The Bertz CT molecular complexity index is 3580. The van der Waals surface area contributed by atoms with Crippen LogP contribution in [0.25, 0.3) is 43.5 Å². The molecule has 2 saturated carbocycles. The minimum atomic E-state index is -0.604. The van der Waals surface area contributed by atoms with Crippen molar-refractivity contribution < 1.29 is 23.9 Å². The first kappa shape index (κ1) is 51.6. The van der Waals surface area contributed by atoms with Crippen molar-refractivity contribution in [2.45, 2.75) is 97.7 Å². The van der Waals surface area contributed by atoms with Crippen LogP contribution in [0.3, 0.4) is 0 Å². The van der Waals surface area contributed by atoms with Gasteiger partial charge in [0.2, 0.25) is 5.91 Å². The number of hydrogen-bond donors (Lipinski definition) is 1. The number of ether oxygens (including phenoxy) is 2. The topological polar surface area (TPSA) is 186 Å². The Labute approximate surface area is 419 Å². The zero-order chi connectivity index (χ0) is 50.3. The van der Waals surface area contributed by atoms with Gasteiger partial charge in [0.25, 0.3) is 16.7 Å². The van der Waals surface area contributed by atoms with Crippen molar-refractivity contribution in [1.29, 1.82) is 0 Å². The van der Waals surface area contributed by atoms with Crippen molar-refractivity contribution in [1.82, 2.24) is 34.0 Å². The average Bonchev–Trinajstić information content (AvgIpc) is 3.31. The molecule has 1 aliphatic heterocycles. The second kappa shape index (κ2) is 21.0. The van der Waals surface area contributed by atoms with Gasteiger partial charge in [-0.05, 0) is 100 Å². The molecule has 17 heteroatoms. The van der Waals surface area contributed by atoms with Crippen LogP contribution in [-0.2, 0) is 14.4 Å². The van der Waals surface area contributed by atoms with E-state index in [1.807, 2.05) is 36.4 Å². The number of aryl methyl sites for hydroxylation is 3. The highest BCUT2D eigenvalue weighted by Gasteiger charge is 2.31. The van der Waals surface area contributed by atoms with E-state index in [-0.39, 0.29) is 41.6 Å². The minimum absolute atomic E-state index is 0. The molecule has 3 unspecified atom stereocenters. The maximum Gasteiger partial charge on any atom is 0.262 e. The van der Waals surface area contributed by atoms with E-state index >= 15 is 0 Å². The Balaban J connectivity index is 0.000000156. The number of piperidine rings is 1. The first-order valence-electron chi connectivity index (χ1n) is 22.7. The largest absolute Gasteiger partial charge is 0.493 e. The van der Waals surface area contributed by atoms with E-state index in [4.69, 9.17) is 32.7 Å². The van der Waals surface area contributed by atoms with Gasteiger partial charge in [-0.3, -0.25) is 42.5 Å². The van der Waals surface area contributed by atoms with E-state index in [1.54, 1.807) is 43.5 Å². The Hall–Kier alpha value is -7.23. The number of rotatable bonds is 5. The van der Waals surface area contributed by atoms with Gasteiger partial charge in [0.15, 0.2) is 23.1 Å². The fraction of sp³-hybridized carbons (Fsp3) is 0.315. The van der Waals surface area contributed by atoms with Gasteiger partial charge in [-0.1, -0.05) is 85.8 Å². The van der Waals surface area contributed by atoms with Crippen molar-refractivity contribution in [2.75, 3.05) is 14.2 Å². The van der Waals surface area contributed by atoms with E-state index < -0.39 is 18.1 Å². The fourth-order valence-corrected chi connectivity index (χ4v) is 10.1. The van der Waals surface area contributed by atoms with Gasteiger partial charge in [0.05, 0.1) is 64.0 Å². The van der Waals surface area contributed by atoms with Crippen LogP contribution in [0.1, 0.15) is 94.4 Å². The first-order chi connectivity index (χ1) is 33.4. The number of nitrogens with one attached hydrogen (secondary N) is 1. The summed E-state index contributed by atoms with van der Waals surface area (Å²) in [6.45, 7) is 16.7. The second-order valence-corrected chi connectivity index (χ2v) is 18.6. The van der Waals surface area contributed by atoms with E-state index in [9.17, 15) is 28.8 Å². The van der Waals surface area contributed by atoms with Gasteiger partial charge in [0, 0.05) is 29.6 Å². The monoisotopic (exact) mass is 999 g/mol. The maximum atomic E-state index is 13.1. The molecule has 0 spiro atoms. The third-order valence-electron chi connectivity index (χ3n) is 13.0. The van der Waals surface area contributed by atoms with Crippen molar-refractivity contribution in [3.05, 3.63) is 156 Å². The maximum absolute atomic E-state index is 13.1. The van der Waals surface area contributed by atoms with Crippen molar-refractivity contribution in [2.24, 2.45) is 0 Å². The van der Waals surface area contributed by atoms with E-state index in [1.165, 1.54) is 29.4 Å². The van der Waals surface area contributed by atoms with Crippen LogP contribution in [0.5, 0.6) is 11.5 Å². The molecule has 4 aromatic carbocycles. The number of carbonyl (C=O) groups is 3. The lowest BCUT2D eigenvalue weighted by atomic mass is 9.90. The van der Waals surface area contributed by atoms with Crippen LogP contribution in [-0.4, -0.2) is 60.3 Å². The number of aromatic nitrogens is 6. The lowest BCUT2D eigenvalue weighted by Gasteiger charge is -2.26. The van der Waals surface area contributed by atoms with E-state index in [0.717, 1.165) is 34.8 Å². The molecule has 0 radical (unpaired) electrons. The molecular weight excluding hydrogens is 946 g/mol. The summed E-state index contributed by atoms with van der Waals surface area (Å²) in [4.78, 5) is 89.3. The van der Waals surface area contributed by atoms with Gasteiger partial charge in [-0.2, -0.15) is 0 Å². The summed E-state index contributed by atoms with van der Waals surface area (Å²) in [5.74, 6) is 2.34. The van der Waals surface area contributed by atoms with Crippen LogP contribution in [0, 0.1) is 20.8 Å². The summed E-state index contributed by atoms with van der Waals surface area (Å²) in [5.41, 5.74) is 3.44. The van der Waals surface area contributed by atoms with Gasteiger partial charge >= 0.3 is 0 Å². The number of fused-ring (bicyclic) bond motifs is 4. The van der Waals surface area contributed by atoms with E-state index in [0.29, 0.717) is 116 Å². The Kier molecular flexibility index (Phi) is 15.3. The number of ketones is 2. The van der Waals surface area contributed by atoms with Gasteiger partial charge < -0.3 is 14.8 Å². The Morgan fingerprint density at radius 1 is 0.592 bits per heavy atom. The number of halogens is 2. The molecule has 71 heavy (non-hydrogen) atoms. The lowest BCUT2D eigenvalue weighted by Crippen LogP contribution is -2.41. The first-order valence-corrected chi connectivity index (χ1v) is 23.5. The SMILES string of the molecule is C.C=C1CCC(n2c(C)nc3c(Cl)cc(Cl)cc3c2=O)C(=O)N1.C=C1CCC(n2c(C)nc3cc(OC)c(OC)cc3c2=O)C(=O)C1.C=C1CCC(n2c(C)nc3cc4ccccc4cc3c2=O)C(=O)C1. The highest BCUT2D eigenvalue weighted by Crippen LogP contribution is 2.33. The van der Waals surface area contributed by atoms with Crippen LogP contribution >= 0.6 is 23.2 Å². The molecule has 3 aliphatic rings. The Morgan fingerprint density at radius 2 is 1.06 bits per heavy atom. The van der Waals surface area contributed by atoms with Crippen LogP contribution in [0.4, 0.5) is 0 Å².